The number of nitrogens with one attached hydrogen (secondary N) is 1. The van der Waals surface area contributed by atoms with E-state index in [9.17, 15) is 22.8 Å². The number of hydrogen-bond acceptors (Lipinski definition) is 5. The smallest absolute Gasteiger partial charge is 0.406 e. The monoisotopic (exact) mass is 392 g/mol. The van der Waals surface area contributed by atoms with Crippen molar-refractivity contribution in [2.45, 2.75) is 6.36 Å². The molecule has 0 spiro atoms. The van der Waals surface area contributed by atoms with Crippen molar-refractivity contribution >= 4 is 17.5 Å². The van der Waals surface area contributed by atoms with Crippen molar-refractivity contribution in [2.24, 2.45) is 0 Å². The molecule has 0 aromatic heterocycles. The van der Waals surface area contributed by atoms with Crippen LogP contribution in [-0.4, -0.2) is 41.3 Å². The molecule has 0 saturated heterocycles. The normalized spacial score (nSPS) is 14.3. The Morgan fingerprint density at radius 2 is 1.75 bits per heavy atom. The predicted molar refractivity (Wildman–Crippen MR) is 94.1 cm³/mol. The summed E-state index contributed by atoms with van der Waals surface area (Å²) in [7, 11) is 0. The third-order valence-corrected chi connectivity index (χ3v) is 3.90. The fourth-order valence-electron chi connectivity index (χ4n) is 2.69. The number of nitrogens with zero attached hydrogens (tertiary/aromatic N) is 1. The minimum absolute atomic E-state index is 0.0736. The van der Waals surface area contributed by atoms with Crippen molar-refractivity contribution in [1.29, 1.82) is 0 Å². The Morgan fingerprint density at radius 1 is 1.04 bits per heavy atom. The van der Waals surface area contributed by atoms with E-state index in [0.29, 0.717) is 16.8 Å². The lowest BCUT2D eigenvalue weighted by molar-refractivity contribution is -0.274. The van der Waals surface area contributed by atoms with Crippen molar-refractivity contribution in [1.82, 2.24) is 4.90 Å². The van der Waals surface area contributed by atoms with Crippen LogP contribution in [0.5, 0.6) is 5.75 Å². The average molecular weight is 392 g/mol. The summed E-state index contributed by atoms with van der Waals surface area (Å²) in [5.41, 5.74) is 1.92. The maximum atomic E-state index is 12.2. The predicted octanol–water partition coefficient (Wildman–Crippen LogP) is 2.91. The summed E-state index contributed by atoms with van der Waals surface area (Å²) in [5.74, 6) is -1.38. The van der Waals surface area contributed by atoms with Crippen LogP contribution in [0, 0.1) is 0 Å². The van der Waals surface area contributed by atoms with E-state index in [1.165, 1.54) is 24.3 Å². The zero-order chi connectivity index (χ0) is 20.3. The van der Waals surface area contributed by atoms with E-state index in [1.807, 2.05) is 0 Å². The van der Waals surface area contributed by atoms with Gasteiger partial charge in [0.2, 0.25) is 0 Å². The second-order valence-electron chi connectivity index (χ2n) is 5.85. The molecule has 146 valence electrons. The van der Waals surface area contributed by atoms with Crippen LogP contribution in [0.25, 0.3) is 11.1 Å². The molecular weight excluding hydrogens is 377 g/mol. The highest BCUT2D eigenvalue weighted by molar-refractivity contribution is 6.17. The molecule has 0 unspecified atom stereocenters. The first-order valence-electron chi connectivity index (χ1n) is 8.18. The van der Waals surface area contributed by atoms with Gasteiger partial charge in [-0.3, -0.25) is 14.5 Å². The molecule has 2 N–H and O–H groups in total. The molecule has 0 fully saturated rings. The molecule has 0 saturated carbocycles. The number of aliphatic hydroxyl groups is 1. The van der Waals surface area contributed by atoms with E-state index < -0.39 is 18.2 Å². The van der Waals surface area contributed by atoms with Gasteiger partial charge in [-0.05, 0) is 35.4 Å². The highest BCUT2D eigenvalue weighted by Crippen LogP contribution is 2.28. The lowest BCUT2D eigenvalue weighted by Crippen LogP contribution is -2.34. The van der Waals surface area contributed by atoms with Crippen molar-refractivity contribution in [3.05, 3.63) is 60.3 Å². The second kappa shape index (κ2) is 7.73. The molecule has 1 aliphatic rings. The quantitative estimate of drug-likeness (QED) is 0.739. The van der Waals surface area contributed by atoms with Gasteiger partial charge in [0.25, 0.3) is 11.8 Å². The van der Waals surface area contributed by atoms with E-state index in [0.717, 1.165) is 11.0 Å². The summed E-state index contributed by atoms with van der Waals surface area (Å²) >= 11 is 0. The van der Waals surface area contributed by atoms with Gasteiger partial charge in [-0.1, -0.05) is 24.3 Å². The average Bonchev–Trinajstić information content (AvgIpc) is 2.89. The van der Waals surface area contributed by atoms with E-state index in [4.69, 9.17) is 5.11 Å². The summed E-state index contributed by atoms with van der Waals surface area (Å²) < 4.78 is 40.6. The molecule has 2 aromatic rings. The number of hydrogen-bond donors (Lipinski definition) is 2. The minimum atomic E-state index is -4.76. The Kier molecular flexibility index (Phi) is 5.36. The van der Waals surface area contributed by atoms with E-state index >= 15 is 0 Å². The molecule has 3 rings (SSSR count). The molecule has 0 radical (unpaired) electrons. The highest BCUT2D eigenvalue weighted by atomic mass is 19.4. The molecule has 28 heavy (non-hydrogen) atoms. The van der Waals surface area contributed by atoms with Gasteiger partial charge < -0.3 is 15.2 Å². The lowest BCUT2D eigenvalue weighted by Gasteiger charge is -2.14. The van der Waals surface area contributed by atoms with Crippen LogP contribution < -0.4 is 10.1 Å². The maximum absolute atomic E-state index is 12.2. The van der Waals surface area contributed by atoms with Crippen molar-refractivity contribution in [2.75, 3.05) is 18.5 Å². The number of rotatable bonds is 6. The summed E-state index contributed by atoms with van der Waals surface area (Å²) in [5, 5.41) is 11.8. The number of carbonyl (C=O) groups excluding carboxylic acids is 2. The topological polar surface area (TPSA) is 78.9 Å². The van der Waals surface area contributed by atoms with E-state index in [2.05, 4.69) is 10.1 Å². The highest BCUT2D eigenvalue weighted by Gasteiger charge is 2.31. The van der Waals surface area contributed by atoms with Gasteiger partial charge in [-0.2, -0.15) is 0 Å². The van der Waals surface area contributed by atoms with Crippen molar-refractivity contribution in [3.8, 4) is 16.9 Å². The molecule has 9 heteroatoms. The van der Waals surface area contributed by atoms with Gasteiger partial charge in [-0.25, -0.2) is 0 Å². The molecule has 0 aliphatic carbocycles. The zero-order valence-electron chi connectivity index (χ0n) is 14.4. The van der Waals surface area contributed by atoms with Crippen LogP contribution in [0.2, 0.25) is 0 Å². The number of carbonyl (C=O) groups is 2. The van der Waals surface area contributed by atoms with Crippen molar-refractivity contribution in [3.63, 3.8) is 0 Å². The Morgan fingerprint density at radius 3 is 2.39 bits per heavy atom. The van der Waals surface area contributed by atoms with Gasteiger partial charge in [-0.15, -0.1) is 13.2 Å². The van der Waals surface area contributed by atoms with Gasteiger partial charge in [0.15, 0.2) is 0 Å². The Balaban J connectivity index is 1.75. The van der Waals surface area contributed by atoms with E-state index in [-0.39, 0.29) is 24.6 Å². The maximum Gasteiger partial charge on any atom is 0.573 e. The number of aliphatic hydroxyl groups excluding tert-OH is 1. The SMILES string of the molecule is O=C1C=C(Nc2cccc(-c3ccc(OC(F)(F)F)cc3)c2)C(=O)N1CCO. The molecule has 0 atom stereocenters. The van der Waals surface area contributed by atoms with Gasteiger partial charge in [0.05, 0.1) is 13.2 Å². The number of alkyl halides is 3. The number of halogens is 3. The summed E-state index contributed by atoms with van der Waals surface area (Å²) in [4.78, 5) is 24.9. The van der Waals surface area contributed by atoms with Crippen LogP contribution in [0.3, 0.4) is 0 Å². The molecule has 2 aromatic carbocycles. The van der Waals surface area contributed by atoms with Crippen LogP contribution in [0.1, 0.15) is 0 Å². The van der Waals surface area contributed by atoms with Crippen LogP contribution >= 0.6 is 0 Å². The Bertz CT molecular complexity index is 924. The summed E-state index contributed by atoms with van der Waals surface area (Å²) in [6.07, 6.45) is -3.61. The standard InChI is InChI=1S/C19H15F3N2O4/c20-19(21,22)28-15-6-4-12(5-7-15)13-2-1-3-14(10-13)23-16-11-17(26)24(8-9-25)18(16)27/h1-7,10-11,23,25H,8-9H2. The summed E-state index contributed by atoms with van der Waals surface area (Å²) in [6.45, 7) is -0.423. The fourth-order valence-corrected chi connectivity index (χ4v) is 2.69. The second-order valence-corrected chi connectivity index (χ2v) is 5.85. The third-order valence-electron chi connectivity index (χ3n) is 3.90. The molecule has 0 bridgehead atoms. The number of β-amino-alcohol motifs (C(OH)–C–C–N with tert-alkyl or cyclic N) is 1. The van der Waals surface area contributed by atoms with Crippen LogP contribution in [0.15, 0.2) is 60.3 Å². The molecular formula is C19H15F3N2O4. The Labute approximate surface area is 157 Å². The number of amides is 2. The first kappa shape index (κ1) is 19.4. The molecule has 2 amide bonds. The van der Waals surface area contributed by atoms with Gasteiger partial charge in [0, 0.05) is 11.8 Å². The fraction of sp³-hybridized carbons (Fsp3) is 0.158. The van der Waals surface area contributed by atoms with Crippen LogP contribution in [-0.2, 0) is 9.59 Å². The van der Waals surface area contributed by atoms with Crippen molar-refractivity contribution < 1.29 is 32.6 Å². The van der Waals surface area contributed by atoms with Crippen LogP contribution in [0.4, 0.5) is 18.9 Å². The zero-order valence-corrected chi connectivity index (χ0v) is 14.4. The van der Waals surface area contributed by atoms with E-state index in [1.54, 1.807) is 24.3 Å². The molecule has 1 aliphatic heterocycles. The first-order valence-corrected chi connectivity index (χ1v) is 8.18. The van der Waals surface area contributed by atoms with Gasteiger partial charge >= 0.3 is 6.36 Å². The Hall–Kier alpha value is -3.33. The van der Waals surface area contributed by atoms with Gasteiger partial charge in [0.1, 0.15) is 11.4 Å². The minimum Gasteiger partial charge on any atom is -0.406 e. The first-order chi connectivity index (χ1) is 13.3. The number of ether oxygens (including phenoxy) is 1. The largest absolute Gasteiger partial charge is 0.573 e. The lowest BCUT2D eigenvalue weighted by atomic mass is 10.0. The third kappa shape index (κ3) is 4.49. The summed E-state index contributed by atoms with van der Waals surface area (Å²) in [6, 6.07) is 12.2. The number of imide groups is 1. The molecule has 1 heterocycles. The number of anilines is 1. The molecule has 6 nitrogen and oxygen atoms in total. The number of benzene rings is 2.